The number of benzene rings is 1. The van der Waals surface area contributed by atoms with Gasteiger partial charge in [0.25, 0.3) is 0 Å². The van der Waals surface area contributed by atoms with E-state index in [1.54, 1.807) is 0 Å². The van der Waals surface area contributed by atoms with Crippen molar-refractivity contribution in [3.05, 3.63) is 35.9 Å². The van der Waals surface area contributed by atoms with E-state index in [0.717, 1.165) is 18.4 Å². The molecule has 3 unspecified atom stereocenters. The first-order valence-corrected chi connectivity index (χ1v) is 7.59. The molecular weight excluding hydrogens is 218 g/mol. The maximum Gasteiger partial charge on any atom is 0.00978 e. The number of nitrogens with one attached hydrogen (secondary N) is 1. The topological polar surface area (TPSA) is 12.0 Å². The normalized spacial score (nSPS) is 25.9. The summed E-state index contributed by atoms with van der Waals surface area (Å²) in [4.78, 5) is 0. The smallest absolute Gasteiger partial charge is 0.00978 e. The number of hydrogen-bond donors (Lipinski definition) is 1. The largest absolute Gasteiger partial charge is 0.311 e. The van der Waals surface area contributed by atoms with Crippen molar-refractivity contribution in [2.45, 2.75) is 64.5 Å². The minimum absolute atomic E-state index is 0.588. The van der Waals surface area contributed by atoms with Gasteiger partial charge in [-0.3, -0.25) is 0 Å². The van der Waals surface area contributed by atoms with E-state index in [2.05, 4.69) is 49.5 Å². The summed E-state index contributed by atoms with van der Waals surface area (Å²) in [5, 5.41) is 3.87. The summed E-state index contributed by atoms with van der Waals surface area (Å²) in [6.45, 7) is 4.67. The molecule has 1 aromatic rings. The lowest BCUT2D eigenvalue weighted by Crippen LogP contribution is -2.43. The van der Waals surface area contributed by atoms with Gasteiger partial charge in [-0.25, -0.2) is 0 Å². The summed E-state index contributed by atoms with van der Waals surface area (Å²) in [6.07, 6.45) is 8.11. The predicted octanol–water partition coefficient (Wildman–Crippen LogP) is 4.18. The van der Waals surface area contributed by atoms with Gasteiger partial charge in [-0.2, -0.15) is 0 Å². The van der Waals surface area contributed by atoms with E-state index < -0.39 is 0 Å². The fourth-order valence-corrected chi connectivity index (χ4v) is 3.31. The van der Waals surface area contributed by atoms with Gasteiger partial charge in [0.05, 0.1) is 0 Å². The maximum atomic E-state index is 3.87. The van der Waals surface area contributed by atoms with Crippen LogP contribution in [0.4, 0.5) is 0 Å². The van der Waals surface area contributed by atoms with Crippen LogP contribution in [-0.4, -0.2) is 12.1 Å². The first kappa shape index (κ1) is 13.6. The van der Waals surface area contributed by atoms with Crippen molar-refractivity contribution in [3.8, 4) is 0 Å². The first-order chi connectivity index (χ1) is 8.79. The van der Waals surface area contributed by atoms with E-state index >= 15 is 0 Å². The molecule has 2 rings (SSSR count). The Morgan fingerprint density at radius 3 is 2.61 bits per heavy atom. The molecule has 0 saturated heterocycles. The Hall–Kier alpha value is -0.820. The van der Waals surface area contributed by atoms with E-state index in [1.807, 2.05) is 0 Å². The zero-order valence-corrected chi connectivity index (χ0v) is 11.9. The quantitative estimate of drug-likeness (QED) is 0.820. The molecule has 1 aliphatic rings. The minimum atomic E-state index is 0.588. The van der Waals surface area contributed by atoms with Crippen LogP contribution in [0.1, 0.15) is 51.5 Å². The highest BCUT2D eigenvalue weighted by molar-refractivity contribution is 5.15. The molecule has 1 aliphatic carbocycles. The summed E-state index contributed by atoms with van der Waals surface area (Å²) in [5.41, 5.74) is 1.45. The minimum Gasteiger partial charge on any atom is -0.311 e. The van der Waals surface area contributed by atoms with Crippen LogP contribution >= 0.6 is 0 Å². The highest BCUT2D eigenvalue weighted by atomic mass is 15.0. The van der Waals surface area contributed by atoms with Crippen molar-refractivity contribution in [1.29, 1.82) is 0 Å². The molecule has 100 valence electrons. The van der Waals surface area contributed by atoms with Gasteiger partial charge in [0.2, 0.25) is 0 Å². The fraction of sp³-hybridized carbons (Fsp3) is 0.647. The molecule has 1 nitrogen and oxygen atoms in total. The molecule has 1 N–H and O–H groups in total. The zero-order chi connectivity index (χ0) is 12.8. The van der Waals surface area contributed by atoms with Crippen molar-refractivity contribution in [1.82, 2.24) is 5.32 Å². The maximum absolute atomic E-state index is 3.87. The highest BCUT2D eigenvalue weighted by Crippen LogP contribution is 2.27. The molecule has 1 heteroatoms. The van der Waals surface area contributed by atoms with E-state index in [9.17, 15) is 0 Å². The standard InChI is InChI=1S/C17H27N/c1-3-16-11-7-8-12-17(16)18-14(2)13-15-9-5-4-6-10-15/h4-6,9-10,14,16-18H,3,7-8,11-13H2,1-2H3. The molecule has 0 heterocycles. The van der Waals surface area contributed by atoms with E-state index in [4.69, 9.17) is 0 Å². The van der Waals surface area contributed by atoms with Crippen molar-refractivity contribution < 1.29 is 0 Å². The van der Waals surface area contributed by atoms with Crippen molar-refractivity contribution in [2.75, 3.05) is 0 Å². The second kappa shape index (κ2) is 6.94. The summed E-state index contributed by atoms with van der Waals surface area (Å²) in [7, 11) is 0. The monoisotopic (exact) mass is 245 g/mol. The predicted molar refractivity (Wildman–Crippen MR) is 78.8 cm³/mol. The van der Waals surface area contributed by atoms with Gasteiger partial charge in [0.1, 0.15) is 0 Å². The van der Waals surface area contributed by atoms with Crippen LogP contribution in [0.3, 0.4) is 0 Å². The molecule has 0 aliphatic heterocycles. The van der Waals surface area contributed by atoms with Gasteiger partial charge in [0, 0.05) is 12.1 Å². The summed E-state index contributed by atoms with van der Waals surface area (Å²) >= 11 is 0. The second-order valence-electron chi connectivity index (χ2n) is 5.82. The van der Waals surface area contributed by atoms with E-state index in [-0.39, 0.29) is 0 Å². The van der Waals surface area contributed by atoms with Gasteiger partial charge in [-0.1, -0.05) is 56.5 Å². The van der Waals surface area contributed by atoms with Crippen LogP contribution in [-0.2, 0) is 6.42 Å². The Morgan fingerprint density at radius 1 is 1.17 bits per heavy atom. The lowest BCUT2D eigenvalue weighted by Gasteiger charge is -2.34. The van der Waals surface area contributed by atoms with Gasteiger partial charge in [0.15, 0.2) is 0 Å². The van der Waals surface area contributed by atoms with E-state index in [1.165, 1.54) is 37.7 Å². The Bertz CT molecular complexity index is 333. The molecule has 3 atom stereocenters. The second-order valence-corrected chi connectivity index (χ2v) is 5.82. The Kier molecular flexibility index (Phi) is 5.25. The summed E-state index contributed by atoms with van der Waals surface area (Å²) in [5.74, 6) is 0.900. The van der Waals surface area contributed by atoms with Crippen molar-refractivity contribution in [2.24, 2.45) is 5.92 Å². The SMILES string of the molecule is CCC1CCCCC1NC(C)Cc1ccccc1. The Morgan fingerprint density at radius 2 is 1.89 bits per heavy atom. The van der Waals surface area contributed by atoms with Crippen LogP contribution in [0.5, 0.6) is 0 Å². The lowest BCUT2D eigenvalue weighted by molar-refractivity contribution is 0.239. The van der Waals surface area contributed by atoms with Crippen molar-refractivity contribution >= 4 is 0 Å². The molecule has 0 radical (unpaired) electrons. The van der Waals surface area contributed by atoms with Crippen LogP contribution < -0.4 is 5.32 Å². The highest BCUT2D eigenvalue weighted by Gasteiger charge is 2.24. The molecule has 1 saturated carbocycles. The third kappa shape index (κ3) is 3.84. The van der Waals surface area contributed by atoms with Crippen LogP contribution in [0.15, 0.2) is 30.3 Å². The van der Waals surface area contributed by atoms with Crippen LogP contribution in [0.2, 0.25) is 0 Å². The first-order valence-electron chi connectivity index (χ1n) is 7.59. The fourth-order valence-electron chi connectivity index (χ4n) is 3.31. The van der Waals surface area contributed by atoms with Gasteiger partial charge < -0.3 is 5.32 Å². The summed E-state index contributed by atoms with van der Waals surface area (Å²) in [6, 6.07) is 12.2. The molecular formula is C17H27N. The Labute approximate surface area is 112 Å². The molecule has 1 fully saturated rings. The zero-order valence-electron chi connectivity index (χ0n) is 11.9. The molecule has 1 aromatic carbocycles. The number of hydrogen-bond acceptors (Lipinski definition) is 1. The molecule has 0 spiro atoms. The van der Waals surface area contributed by atoms with Crippen LogP contribution in [0.25, 0.3) is 0 Å². The van der Waals surface area contributed by atoms with Gasteiger partial charge >= 0.3 is 0 Å². The van der Waals surface area contributed by atoms with Crippen molar-refractivity contribution in [3.63, 3.8) is 0 Å². The summed E-state index contributed by atoms with van der Waals surface area (Å²) < 4.78 is 0. The lowest BCUT2D eigenvalue weighted by atomic mass is 9.82. The third-order valence-electron chi connectivity index (χ3n) is 4.32. The van der Waals surface area contributed by atoms with Gasteiger partial charge in [-0.05, 0) is 37.7 Å². The van der Waals surface area contributed by atoms with Gasteiger partial charge in [-0.15, -0.1) is 0 Å². The Balaban J connectivity index is 1.84. The molecule has 18 heavy (non-hydrogen) atoms. The molecule has 0 aromatic heterocycles. The molecule has 0 amide bonds. The number of rotatable bonds is 5. The average Bonchev–Trinajstić information content (AvgIpc) is 2.40. The van der Waals surface area contributed by atoms with E-state index in [0.29, 0.717) is 6.04 Å². The molecule has 0 bridgehead atoms. The third-order valence-corrected chi connectivity index (χ3v) is 4.32. The van der Waals surface area contributed by atoms with Crippen LogP contribution in [0, 0.1) is 5.92 Å². The average molecular weight is 245 g/mol.